The Morgan fingerprint density at radius 3 is 2.70 bits per heavy atom. The van der Waals surface area contributed by atoms with Crippen molar-refractivity contribution in [2.24, 2.45) is 4.99 Å². The van der Waals surface area contributed by atoms with Crippen molar-refractivity contribution in [3.05, 3.63) is 29.8 Å². The van der Waals surface area contributed by atoms with Gasteiger partial charge in [-0.05, 0) is 25.5 Å². The van der Waals surface area contributed by atoms with Crippen LogP contribution in [0.5, 0.6) is 5.75 Å². The molecule has 0 saturated heterocycles. The summed E-state index contributed by atoms with van der Waals surface area (Å²) < 4.78 is 31.0. The lowest BCUT2D eigenvalue weighted by Gasteiger charge is -2.16. The van der Waals surface area contributed by atoms with E-state index >= 15 is 0 Å². The van der Waals surface area contributed by atoms with Crippen LogP contribution in [0.4, 0.5) is 8.78 Å². The number of benzene rings is 1. The number of nitrogens with zero attached hydrogens (tertiary/aromatic N) is 1. The molecule has 0 radical (unpaired) electrons. The third-order valence-electron chi connectivity index (χ3n) is 2.77. The summed E-state index contributed by atoms with van der Waals surface area (Å²) in [6, 6.07) is 3.79. The molecular formula is C14H21F2N3O. The molecule has 1 unspecified atom stereocenters. The first kappa shape index (κ1) is 16.2. The van der Waals surface area contributed by atoms with Crippen molar-refractivity contribution in [2.45, 2.75) is 26.3 Å². The first-order chi connectivity index (χ1) is 9.56. The zero-order valence-corrected chi connectivity index (χ0v) is 12.0. The number of halogens is 2. The second kappa shape index (κ2) is 8.35. The van der Waals surface area contributed by atoms with Gasteiger partial charge in [0.1, 0.15) is 12.4 Å². The van der Waals surface area contributed by atoms with Gasteiger partial charge < -0.3 is 15.4 Å². The molecule has 4 nitrogen and oxygen atoms in total. The number of aliphatic imine (C=N–C) groups is 1. The Morgan fingerprint density at radius 1 is 1.35 bits per heavy atom. The molecule has 2 N–H and O–H groups in total. The molecule has 0 aliphatic carbocycles. The van der Waals surface area contributed by atoms with Crippen molar-refractivity contribution in [3.8, 4) is 5.75 Å². The van der Waals surface area contributed by atoms with E-state index < -0.39 is 11.6 Å². The summed E-state index contributed by atoms with van der Waals surface area (Å²) in [5.74, 6) is -0.804. The summed E-state index contributed by atoms with van der Waals surface area (Å²) in [6.07, 6.45) is 0.992. The van der Waals surface area contributed by atoms with E-state index in [0.717, 1.165) is 18.6 Å². The van der Waals surface area contributed by atoms with Crippen molar-refractivity contribution in [1.82, 2.24) is 10.6 Å². The summed E-state index contributed by atoms with van der Waals surface area (Å²) in [7, 11) is 1.69. The molecule has 0 bridgehead atoms. The summed E-state index contributed by atoms with van der Waals surface area (Å²) in [5, 5.41) is 6.28. The van der Waals surface area contributed by atoms with Crippen LogP contribution in [0.1, 0.15) is 20.3 Å². The minimum atomic E-state index is -0.912. The molecule has 1 aromatic carbocycles. The SMILES string of the molecule is CCC(C)NC(=NC)NCCOc1ccc(F)c(F)c1. The van der Waals surface area contributed by atoms with Crippen LogP contribution in [0.3, 0.4) is 0 Å². The van der Waals surface area contributed by atoms with Gasteiger partial charge in [0.15, 0.2) is 17.6 Å². The lowest BCUT2D eigenvalue weighted by atomic mass is 10.3. The number of rotatable bonds is 6. The standard InChI is InChI=1S/C14H21F2N3O/c1-4-10(2)19-14(17-3)18-7-8-20-11-5-6-12(15)13(16)9-11/h5-6,9-10H,4,7-8H2,1-3H3,(H2,17,18,19). The summed E-state index contributed by atoms with van der Waals surface area (Å²) in [4.78, 5) is 4.08. The topological polar surface area (TPSA) is 45.7 Å². The number of nitrogens with one attached hydrogen (secondary N) is 2. The van der Waals surface area contributed by atoms with Gasteiger partial charge in [-0.1, -0.05) is 6.92 Å². The van der Waals surface area contributed by atoms with Gasteiger partial charge in [-0.3, -0.25) is 4.99 Å². The van der Waals surface area contributed by atoms with Crippen molar-refractivity contribution >= 4 is 5.96 Å². The second-order valence-electron chi connectivity index (χ2n) is 4.38. The lowest BCUT2D eigenvalue weighted by molar-refractivity contribution is 0.318. The molecule has 0 aromatic heterocycles. The zero-order chi connectivity index (χ0) is 15.0. The molecule has 0 heterocycles. The monoisotopic (exact) mass is 285 g/mol. The molecule has 0 amide bonds. The summed E-state index contributed by atoms with van der Waals surface area (Å²) in [5.41, 5.74) is 0. The average molecular weight is 285 g/mol. The smallest absolute Gasteiger partial charge is 0.191 e. The van der Waals surface area contributed by atoms with Gasteiger partial charge in [0, 0.05) is 19.2 Å². The van der Waals surface area contributed by atoms with Crippen molar-refractivity contribution in [3.63, 3.8) is 0 Å². The largest absolute Gasteiger partial charge is 0.492 e. The predicted octanol–water partition coefficient (Wildman–Crippen LogP) is 2.31. The lowest BCUT2D eigenvalue weighted by Crippen LogP contribution is -2.43. The van der Waals surface area contributed by atoms with Crippen LogP contribution in [0.2, 0.25) is 0 Å². The van der Waals surface area contributed by atoms with Crippen molar-refractivity contribution in [1.29, 1.82) is 0 Å². The highest BCUT2D eigenvalue weighted by molar-refractivity contribution is 5.79. The first-order valence-electron chi connectivity index (χ1n) is 6.61. The third-order valence-corrected chi connectivity index (χ3v) is 2.77. The maximum Gasteiger partial charge on any atom is 0.191 e. The zero-order valence-electron chi connectivity index (χ0n) is 12.0. The molecule has 0 aliphatic heterocycles. The van der Waals surface area contributed by atoms with E-state index in [4.69, 9.17) is 4.74 Å². The highest BCUT2D eigenvalue weighted by Crippen LogP contribution is 2.14. The molecule has 0 saturated carbocycles. The van der Waals surface area contributed by atoms with Gasteiger partial charge >= 0.3 is 0 Å². The van der Waals surface area contributed by atoms with Crippen LogP contribution < -0.4 is 15.4 Å². The Bertz CT molecular complexity index is 452. The van der Waals surface area contributed by atoms with Crippen LogP contribution in [0, 0.1) is 11.6 Å². The van der Waals surface area contributed by atoms with E-state index in [9.17, 15) is 8.78 Å². The minimum Gasteiger partial charge on any atom is -0.492 e. The highest BCUT2D eigenvalue weighted by atomic mass is 19.2. The number of guanidine groups is 1. The van der Waals surface area contributed by atoms with Gasteiger partial charge in [0.05, 0.1) is 6.54 Å². The molecule has 0 spiro atoms. The maximum atomic E-state index is 13.0. The normalized spacial score (nSPS) is 12.9. The molecule has 1 aromatic rings. The van der Waals surface area contributed by atoms with E-state index in [1.807, 2.05) is 0 Å². The predicted molar refractivity (Wildman–Crippen MR) is 76.1 cm³/mol. The maximum absolute atomic E-state index is 13.0. The molecular weight excluding hydrogens is 264 g/mol. The molecule has 0 aliphatic rings. The van der Waals surface area contributed by atoms with E-state index in [-0.39, 0.29) is 0 Å². The molecule has 112 valence electrons. The Hall–Kier alpha value is -1.85. The van der Waals surface area contributed by atoms with Crippen LogP contribution in [0.25, 0.3) is 0 Å². The molecule has 1 atom stereocenters. The molecule has 1 rings (SSSR count). The van der Waals surface area contributed by atoms with Crippen LogP contribution in [-0.4, -0.2) is 32.2 Å². The Morgan fingerprint density at radius 2 is 2.10 bits per heavy atom. The van der Waals surface area contributed by atoms with Crippen LogP contribution >= 0.6 is 0 Å². The quantitative estimate of drug-likeness (QED) is 0.479. The Balaban J connectivity index is 2.31. The first-order valence-corrected chi connectivity index (χ1v) is 6.61. The number of ether oxygens (including phenoxy) is 1. The van der Waals surface area contributed by atoms with Gasteiger partial charge in [-0.25, -0.2) is 8.78 Å². The van der Waals surface area contributed by atoms with Crippen molar-refractivity contribution in [2.75, 3.05) is 20.2 Å². The van der Waals surface area contributed by atoms with Crippen LogP contribution in [-0.2, 0) is 0 Å². The molecule has 6 heteroatoms. The van der Waals surface area contributed by atoms with E-state index in [1.54, 1.807) is 7.05 Å². The number of hydrogen-bond donors (Lipinski definition) is 2. The Kier molecular flexibility index (Phi) is 6.76. The van der Waals surface area contributed by atoms with Crippen molar-refractivity contribution < 1.29 is 13.5 Å². The fourth-order valence-electron chi connectivity index (χ4n) is 1.44. The number of hydrogen-bond acceptors (Lipinski definition) is 2. The fraction of sp³-hybridized carbons (Fsp3) is 0.500. The Labute approximate surface area is 118 Å². The molecule has 20 heavy (non-hydrogen) atoms. The van der Waals surface area contributed by atoms with Gasteiger partial charge in [0.2, 0.25) is 0 Å². The summed E-state index contributed by atoms with van der Waals surface area (Å²) in [6.45, 7) is 4.98. The van der Waals surface area contributed by atoms with Gasteiger partial charge in [-0.15, -0.1) is 0 Å². The molecule has 0 fully saturated rings. The van der Waals surface area contributed by atoms with Gasteiger partial charge in [-0.2, -0.15) is 0 Å². The van der Waals surface area contributed by atoms with E-state index in [0.29, 0.717) is 30.9 Å². The highest BCUT2D eigenvalue weighted by Gasteiger charge is 2.04. The third kappa shape index (κ3) is 5.42. The minimum absolute atomic E-state index is 0.301. The fourth-order valence-corrected chi connectivity index (χ4v) is 1.44. The van der Waals surface area contributed by atoms with E-state index in [2.05, 4.69) is 29.5 Å². The second-order valence-corrected chi connectivity index (χ2v) is 4.38. The van der Waals surface area contributed by atoms with E-state index in [1.165, 1.54) is 6.07 Å². The van der Waals surface area contributed by atoms with Crippen LogP contribution in [0.15, 0.2) is 23.2 Å². The van der Waals surface area contributed by atoms with Gasteiger partial charge in [0.25, 0.3) is 0 Å². The summed E-state index contributed by atoms with van der Waals surface area (Å²) >= 11 is 0. The average Bonchev–Trinajstić information content (AvgIpc) is 2.45.